The largest absolute Gasteiger partial charge is 0.335 e. The summed E-state index contributed by atoms with van der Waals surface area (Å²) in [6.45, 7) is 0. The second kappa shape index (κ2) is 7.46. The third-order valence-electron chi connectivity index (χ3n) is 4.04. The molecule has 0 atom stereocenters. The van der Waals surface area contributed by atoms with E-state index in [0.717, 1.165) is 17.4 Å². The standard InChI is InChI=1S/C17H14F2N6O2S2/c18-12-5-9-8-28-25-14(9)6-15(12)23-16-13(19)7-21-17(24-16)22-10-1-3-11(4-2-10)29(20,26)27/h1-7,25H,8H2,(H2,20,26,27)(H2,21,22,23,24). The molecule has 0 saturated heterocycles. The topological polar surface area (TPSA) is 122 Å². The van der Waals surface area contributed by atoms with E-state index in [4.69, 9.17) is 5.14 Å². The number of halogens is 2. The molecule has 1 aliphatic heterocycles. The van der Waals surface area contributed by atoms with Crippen molar-refractivity contribution in [2.75, 3.05) is 15.4 Å². The van der Waals surface area contributed by atoms with Gasteiger partial charge in [0.25, 0.3) is 0 Å². The highest BCUT2D eigenvalue weighted by Gasteiger charge is 2.17. The number of nitrogens with two attached hydrogens (primary N) is 1. The van der Waals surface area contributed by atoms with Crippen molar-refractivity contribution in [1.29, 1.82) is 0 Å². The van der Waals surface area contributed by atoms with Gasteiger partial charge in [0.1, 0.15) is 5.82 Å². The molecule has 0 saturated carbocycles. The van der Waals surface area contributed by atoms with E-state index in [1.54, 1.807) is 6.07 Å². The summed E-state index contributed by atoms with van der Waals surface area (Å²) < 4.78 is 54.1. The number of anilines is 5. The highest BCUT2D eigenvalue weighted by atomic mass is 32.2. The van der Waals surface area contributed by atoms with Gasteiger partial charge in [0.2, 0.25) is 16.0 Å². The summed E-state index contributed by atoms with van der Waals surface area (Å²) in [4.78, 5) is 7.81. The number of sulfonamides is 1. The second-order valence-corrected chi connectivity index (χ2v) is 8.43. The Morgan fingerprint density at radius 3 is 2.59 bits per heavy atom. The number of nitrogens with one attached hydrogen (secondary N) is 3. The predicted molar refractivity (Wildman–Crippen MR) is 108 cm³/mol. The zero-order chi connectivity index (χ0) is 20.6. The van der Waals surface area contributed by atoms with Crippen LogP contribution >= 0.6 is 11.9 Å². The summed E-state index contributed by atoms with van der Waals surface area (Å²) in [5.41, 5.74) is 2.10. The first-order valence-electron chi connectivity index (χ1n) is 8.19. The molecular formula is C17H14F2N6O2S2. The Bertz CT molecular complexity index is 1190. The van der Waals surface area contributed by atoms with Crippen molar-refractivity contribution >= 4 is 50.8 Å². The maximum absolute atomic E-state index is 14.3. The molecule has 0 unspecified atom stereocenters. The smallest absolute Gasteiger partial charge is 0.238 e. The fourth-order valence-electron chi connectivity index (χ4n) is 2.62. The summed E-state index contributed by atoms with van der Waals surface area (Å²) >= 11 is 1.44. The fourth-order valence-corrected chi connectivity index (χ4v) is 3.94. The predicted octanol–water partition coefficient (Wildman–Crippen LogP) is 3.46. The van der Waals surface area contributed by atoms with Gasteiger partial charge in [0.05, 0.1) is 22.5 Å². The zero-order valence-electron chi connectivity index (χ0n) is 14.6. The summed E-state index contributed by atoms with van der Waals surface area (Å²) in [7, 11) is -3.81. The van der Waals surface area contributed by atoms with Crippen LogP contribution in [0.25, 0.3) is 0 Å². The van der Waals surface area contributed by atoms with Crippen molar-refractivity contribution in [2.45, 2.75) is 10.6 Å². The van der Waals surface area contributed by atoms with Crippen LogP contribution in [0.4, 0.5) is 37.6 Å². The first kappa shape index (κ1) is 19.4. The molecule has 29 heavy (non-hydrogen) atoms. The number of hydrogen-bond acceptors (Lipinski definition) is 8. The zero-order valence-corrected chi connectivity index (χ0v) is 16.2. The van der Waals surface area contributed by atoms with Crippen LogP contribution in [0, 0.1) is 11.6 Å². The number of fused-ring (bicyclic) bond motifs is 1. The highest BCUT2D eigenvalue weighted by molar-refractivity contribution is 8.00. The van der Waals surface area contributed by atoms with Crippen LogP contribution in [0.3, 0.4) is 0 Å². The van der Waals surface area contributed by atoms with Crippen molar-refractivity contribution < 1.29 is 17.2 Å². The summed E-state index contributed by atoms with van der Waals surface area (Å²) in [5, 5.41) is 10.5. The molecule has 0 amide bonds. The SMILES string of the molecule is NS(=O)(=O)c1ccc(Nc2ncc(F)c(Nc3cc4c(cc3F)CSN4)n2)cc1. The lowest BCUT2D eigenvalue weighted by molar-refractivity contribution is 0.598. The molecule has 1 aliphatic rings. The number of hydrogen-bond donors (Lipinski definition) is 4. The molecule has 4 rings (SSSR count). The Hall–Kier alpha value is -2.96. The van der Waals surface area contributed by atoms with Crippen molar-refractivity contribution in [3.8, 4) is 0 Å². The third-order valence-corrected chi connectivity index (χ3v) is 5.79. The van der Waals surface area contributed by atoms with Crippen molar-refractivity contribution in [3.63, 3.8) is 0 Å². The van der Waals surface area contributed by atoms with E-state index < -0.39 is 21.7 Å². The Labute approximate surface area is 169 Å². The van der Waals surface area contributed by atoms with Gasteiger partial charge < -0.3 is 15.4 Å². The van der Waals surface area contributed by atoms with Gasteiger partial charge in [-0.3, -0.25) is 0 Å². The Kier molecular flexibility index (Phi) is 4.98. The van der Waals surface area contributed by atoms with E-state index in [1.165, 1.54) is 42.3 Å². The summed E-state index contributed by atoms with van der Waals surface area (Å²) in [5.74, 6) is -0.825. The van der Waals surface area contributed by atoms with Gasteiger partial charge in [-0.05, 0) is 53.9 Å². The molecule has 1 aromatic heterocycles. The lowest BCUT2D eigenvalue weighted by atomic mass is 10.1. The van der Waals surface area contributed by atoms with Crippen LogP contribution in [0.15, 0.2) is 47.5 Å². The minimum atomic E-state index is -3.81. The van der Waals surface area contributed by atoms with Gasteiger partial charge in [0.15, 0.2) is 11.6 Å². The van der Waals surface area contributed by atoms with Crippen molar-refractivity contribution in [3.05, 3.63) is 59.8 Å². The average molecular weight is 436 g/mol. The normalized spacial score (nSPS) is 12.9. The quantitative estimate of drug-likeness (QED) is 0.449. The number of aromatic nitrogens is 2. The maximum atomic E-state index is 14.3. The summed E-state index contributed by atoms with van der Waals surface area (Å²) in [6, 6.07) is 8.48. The molecular weight excluding hydrogens is 422 g/mol. The molecule has 0 spiro atoms. The molecule has 5 N–H and O–H groups in total. The number of primary sulfonamides is 1. The minimum Gasteiger partial charge on any atom is -0.335 e. The molecule has 2 heterocycles. The van der Waals surface area contributed by atoms with E-state index in [0.29, 0.717) is 11.4 Å². The number of benzene rings is 2. The molecule has 12 heteroatoms. The minimum absolute atomic E-state index is 0.0347. The first-order chi connectivity index (χ1) is 13.8. The fraction of sp³-hybridized carbons (Fsp3) is 0.0588. The van der Waals surface area contributed by atoms with E-state index in [9.17, 15) is 17.2 Å². The van der Waals surface area contributed by atoms with Crippen LogP contribution in [0.5, 0.6) is 0 Å². The molecule has 0 fully saturated rings. The molecule has 0 aliphatic carbocycles. The molecule has 150 valence electrons. The second-order valence-electron chi connectivity index (χ2n) is 6.09. The van der Waals surface area contributed by atoms with Gasteiger partial charge in [-0.2, -0.15) is 4.98 Å². The van der Waals surface area contributed by atoms with Crippen LogP contribution in [0.1, 0.15) is 5.56 Å². The lowest BCUT2D eigenvalue weighted by Crippen LogP contribution is -2.11. The summed E-state index contributed by atoms with van der Waals surface area (Å²) in [6.07, 6.45) is 0.940. The van der Waals surface area contributed by atoms with Crippen LogP contribution < -0.4 is 20.5 Å². The van der Waals surface area contributed by atoms with Crippen molar-refractivity contribution in [1.82, 2.24) is 9.97 Å². The van der Waals surface area contributed by atoms with E-state index in [-0.39, 0.29) is 22.3 Å². The molecule has 0 radical (unpaired) electrons. The van der Waals surface area contributed by atoms with Crippen molar-refractivity contribution in [2.24, 2.45) is 5.14 Å². The molecule has 3 aromatic rings. The molecule has 0 bridgehead atoms. The Morgan fingerprint density at radius 1 is 1.10 bits per heavy atom. The van der Waals surface area contributed by atoms with Gasteiger partial charge in [-0.1, -0.05) is 0 Å². The van der Waals surface area contributed by atoms with Gasteiger partial charge >= 0.3 is 0 Å². The number of rotatable bonds is 5. The lowest BCUT2D eigenvalue weighted by Gasteiger charge is -2.11. The van der Waals surface area contributed by atoms with Crippen LogP contribution in [-0.2, 0) is 15.8 Å². The van der Waals surface area contributed by atoms with Gasteiger partial charge in [-0.25, -0.2) is 27.3 Å². The van der Waals surface area contributed by atoms with Crippen LogP contribution in [-0.4, -0.2) is 18.4 Å². The average Bonchev–Trinajstić information content (AvgIpc) is 3.11. The van der Waals surface area contributed by atoms with Crippen LogP contribution in [0.2, 0.25) is 0 Å². The third kappa shape index (κ3) is 4.23. The van der Waals surface area contributed by atoms with Gasteiger partial charge in [-0.15, -0.1) is 0 Å². The van der Waals surface area contributed by atoms with E-state index in [2.05, 4.69) is 25.3 Å². The van der Waals surface area contributed by atoms with E-state index in [1.807, 2.05) is 0 Å². The van der Waals surface area contributed by atoms with Gasteiger partial charge in [0, 0.05) is 11.4 Å². The monoisotopic (exact) mass is 436 g/mol. The molecule has 2 aromatic carbocycles. The molecule has 8 nitrogen and oxygen atoms in total. The maximum Gasteiger partial charge on any atom is 0.238 e. The number of nitrogens with zero attached hydrogens (tertiary/aromatic N) is 2. The Balaban J connectivity index is 1.57. The Morgan fingerprint density at radius 2 is 1.86 bits per heavy atom. The highest BCUT2D eigenvalue weighted by Crippen LogP contribution is 2.35. The first-order valence-corrected chi connectivity index (χ1v) is 10.7. The van der Waals surface area contributed by atoms with E-state index >= 15 is 0 Å².